The Kier molecular flexibility index (Phi) is 7.14. The Bertz CT molecular complexity index is 697. The van der Waals surface area contributed by atoms with Crippen molar-refractivity contribution in [1.29, 1.82) is 0 Å². The Morgan fingerprint density at radius 1 is 0.808 bits per heavy atom. The van der Waals surface area contributed by atoms with Crippen LogP contribution in [-0.2, 0) is 0 Å². The van der Waals surface area contributed by atoms with Crippen molar-refractivity contribution in [2.24, 2.45) is 0 Å². The van der Waals surface area contributed by atoms with E-state index in [1.165, 1.54) is 0 Å². The molecule has 0 saturated carbocycles. The number of methoxy groups -OCH3 is 1. The van der Waals surface area contributed by atoms with Crippen molar-refractivity contribution < 1.29 is 28.5 Å². The maximum atomic E-state index is 12.5. The van der Waals surface area contributed by atoms with Crippen LogP contribution in [0.2, 0.25) is 0 Å². The van der Waals surface area contributed by atoms with Gasteiger partial charge in [0.2, 0.25) is 5.75 Å². The van der Waals surface area contributed by atoms with Crippen molar-refractivity contribution in [3.8, 4) is 28.7 Å². The molecule has 0 N–H and O–H groups in total. The van der Waals surface area contributed by atoms with E-state index in [1.807, 2.05) is 20.8 Å². The first kappa shape index (κ1) is 19.4. The van der Waals surface area contributed by atoms with E-state index in [4.69, 9.17) is 23.7 Å². The lowest BCUT2D eigenvalue weighted by molar-refractivity contribution is 0.0733. The van der Waals surface area contributed by atoms with Gasteiger partial charge in [0.25, 0.3) is 0 Å². The Morgan fingerprint density at radius 3 is 1.77 bits per heavy atom. The highest BCUT2D eigenvalue weighted by atomic mass is 16.5. The predicted octanol–water partition coefficient (Wildman–Crippen LogP) is 4.11. The molecule has 0 atom stereocenters. The van der Waals surface area contributed by atoms with Crippen LogP contribution in [0.25, 0.3) is 0 Å². The third kappa shape index (κ3) is 4.81. The number of benzene rings is 2. The zero-order valence-electron chi connectivity index (χ0n) is 15.5. The Hall–Kier alpha value is -2.89. The number of rotatable bonds is 9. The van der Waals surface area contributed by atoms with Crippen molar-refractivity contribution in [1.82, 2.24) is 0 Å². The average molecular weight is 360 g/mol. The van der Waals surface area contributed by atoms with Gasteiger partial charge in [-0.2, -0.15) is 0 Å². The predicted molar refractivity (Wildman–Crippen MR) is 97.9 cm³/mol. The Labute approximate surface area is 153 Å². The molecule has 0 aliphatic carbocycles. The summed E-state index contributed by atoms with van der Waals surface area (Å²) >= 11 is 0. The summed E-state index contributed by atoms with van der Waals surface area (Å²) in [7, 11) is 1.57. The molecule has 0 aliphatic heterocycles. The highest BCUT2D eigenvalue weighted by Crippen LogP contribution is 2.39. The molecule has 140 valence electrons. The zero-order chi connectivity index (χ0) is 18.9. The SMILES string of the molecule is CCOc1cc(C(=O)Oc2ccc(OC)cc2)cc(OCC)c1OCC. The highest BCUT2D eigenvalue weighted by Gasteiger charge is 2.19. The summed E-state index contributed by atoms with van der Waals surface area (Å²) in [5, 5.41) is 0. The smallest absolute Gasteiger partial charge is 0.343 e. The van der Waals surface area contributed by atoms with E-state index in [-0.39, 0.29) is 0 Å². The molecule has 0 fully saturated rings. The molecule has 6 heteroatoms. The van der Waals surface area contributed by atoms with Gasteiger partial charge in [0, 0.05) is 0 Å². The summed E-state index contributed by atoms with van der Waals surface area (Å²) in [5.41, 5.74) is 0.316. The number of carbonyl (C=O) groups excluding carboxylic acids is 1. The van der Waals surface area contributed by atoms with Gasteiger partial charge in [-0.15, -0.1) is 0 Å². The maximum Gasteiger partial charge on any atom is 0.343 e. The molecule has 0 unspecified atom stereocenters. The molecule has 0 bridgehead atoms. The van der Waals surface area contributed by atoms with E-state index < -0.39 is 5.97 Å². The number of carbonyl (C=O) groups is 1. The minimum atomic E-state index is -0.514. The molecule has 0 aliphatic rings. The van der Waals surface area contributed by atoms with Gasteiger partial charge in [-0.25, -0.2) is 4.79 Å². The standard InChI is InChI=1S/C20H24O6/c1-5-23-17-12-14(13-18(24-6-2)19(17)25-7-3)20(21)26-16-10-8-15(22-4)9-11-16/h8-13H,5-7H2,1-4H3. The van der Waals surface area contributed by atoms with Crippen molar-refractivity contribution >= 4 is 5.97 Å². The van der Waals surface area contributed by atoms with Crippen LogP contribution in [0.3, 0.4) is 0 Å². The molecule has 0 saturated heterocycles. The van der Waals surface area contributed by atoms with Crippen molar-refractivity contribution in [2.75, 3.05) is 26.9 Å². The quantitative estimate of drug-likeness (QED) is 0.495. The third-order valence-electron chi connectivity index (χ3n) is 3.41. The lowest BCUT2D eigenvalue weighted by Gasteiger charge is -2.16. The third-order valence-corrected chi connectivity index (χ3v) is 3.41. The summed E-state index contributed by atoms with van der Waals surface area (Å²) in [4.78, 5) is 12.5. The molecule has 2 rings (SSSR count). The molecule has 0 aromatic heterocycles. The molecule has 6 nitrogen and oxygen atoms in total. The Morgan fingerprint density at radius 2 is 1.31 bits per heavy atom. The summed E-state index contributed by atoms with van der Waals surface area (Å²) in [6.45, 7) is 6.91. The minimum absolute atomic E-state index is 0.316. The van der Waals surface area contributed by atoms with Gasteiger partial charge in [-0.3, -0.25) is 0 Å². The molecule has 2 aromatic rings. The number of esters is 1. The average Bonchev–Trinajstić information content (AvgIpc) is 2.65. The van der Waals surface area contributed by atoms with Gasteiger partial charge in [0.05, 0.1) is 32.5 Å². The van der Waals surface area contributed by atoms with Gasteiger partial charge in [0.15, 0.2) is 11.5 Å². The monoisotopic (exact) mass is 360 g/mol. The van der Waals surface area contributed by atoms with E-state index in [0.717, 1.165) is 0 Å². The van der Waals surface area contributed by atoms with Gasteiger partial charge >= 0.3 is 5.97 Å². The van der Waals surface area contributed by atoms with Crippen LogP contribution in [-0.4, -0.2) is 32.9 Å². The van der Waals surface area contributed by atoms with E-state index in [9.17, 15) is 4.79 Å². The molecule has 0 amide bonds. The van der Waals surface area contributed by atoms with Crippen LogP contribution in [0, 0.1) is 0 Å². The first-order chi connectivity index (χ1) is 12.6. The van der Waals surface area contributed by atoms with Gasteiger partial charge in [0.1, 0.15) is 11.5 Å². The highest BCUT2D eigenvalue weighted by molar-refractivity contribution is 5.92. The normalized spacial score (nSPS) is 10.2. The summed E-state index contributed by atoms with van der Waals surface area (Å²) in [5.74, 6) is 1.96. The lowest BCUT2D eigenvalue weighted by Crippen LogP contribution is -2.11. The number of hydrogen-bond acceptors (Lipinski definition) is 6. The van der Waals surface area contributed by atoms with Crippen LogP contribution in [0.4, 0.5) is 0 Å². The largest absolute Gasteiger partial charge is 0.497 e. The molecule has 0 heterocycles. The fourth-order valence-corrected chi connectivity index (χ4v) is 2.32. The first-order valence-corrected chi connectivity index (χ1v) is 8.55. The fourth-order valence-electron chi connectivity index (χ4n) is 2.32. The summed E-state index contributed by atoms with van der Waals surface area (Å²) < 4.78 is 27.4. The number of hydrogen-bond donors (Lipinski definition) is 0. The van der Waals surface area contributed by atoms with Crippen molar-refractivity contribution in [3.63, 3.8) is 0 Å². The molecule has 26 heavy (non-hydrogen) atoms. The van der Waals surface area contributed by atoms with Gasteiger partial charge < -0.3 is 23.7 Å². The van der Waals surface area contributed by atoms with E-state index in [1.54, 1.807) is 43.5 Å². The van der Waals surface area contributed by atoms with E-state index in [0.29, 0.717) is 54.1 Å². The summed E-state index contributed by atoms with van der Waals surface area (Å²) in [6, 6.07) is 9.97. The molecule has 0 spiro atoms. The minimum Gasteiger partial charge on any atom is -0.497 e. The maximum absolute atomic E-state index is 12.5. The second kappa shape index (κ2) is 9.56. The van der Waals surface area contributed by atoms with Crippen LogP contribution < -0.4 is 23.7 Å². The number of ether oxygens (including phenoxy) is 5. The van der Waals surface area contributed by atoms with Crippen LogP contribution >= 0.6 is 0 Å². The topological polar surface area (TPSA) is 63.2 Å². The van der Waals surface area contributed by atoms with E-state index in [2.05, 4.69) is 0 Å². The molecule has 2 aromatic carbocycles. The van der Waals surface area contributed by atoms with Crippen LogP contribution in [0.15, 0.2) is 36.4 Å². The fraction of sp³-hybridized carbons (Fsp3) is 0.350. The van der Waals surface area contributed by atoms with Gasteiger partial charge in [-0.1, -0.05) is 0 Å². The zero-order valence-corrected chi connectivity index (χ0v) is 15.5. The van der Waals surface area contributed by atoms with E-state index >= 15 is 0 Å². The second-order valence-corrected chi connectivity index (χ2v) is 5.17. The lowest BCUT2D eigenvalue weighted by atomic mass is 10.1. The van der Waals surface area contributed by atoms with Gasteiger partial charge in [-0.05, 0) is 57.2 Å². The second-order valence-electron chi connectivity index (χ2n) is 5.17. The Balaban J connectivity index is 2.32. The van der Waals surface area contributed by atoms with Crippen LogP contribution in [0.1, 0.15) is 31.1 Å². The molecule has 0 radical (unpaired) electrons. The first-order valence-electron chi connectivity index (χ1n) is 8.55. The van der Waals surface area contributed by atoms with Crippen molar-refractivity contribution in [3.05, 3.63) is 42.0 Å². The molecular formula is C20H24O6. The summed E-state index contributed by atoms with van der Waals surface area (Å²) in [6.07, 6.45) is 0. The van der Waals surface area contributed by atoms with Crippen LogP contribution in [0.5, 0.6) is 28.7 Å². The molecular weight excluding hydrogens is 336 g/mol. The van der Waals surface area contributed by atoms with Crippen molar-refractivity contribution in [2.45, 2.75) is 20.8 Å².